The molecule has 2 fully saturated rings. The molecular formula is C14H20BrN2O2P. The maximum Gasteiger partial charge on any atom is 0.396 e. The highest BCUT2D eigenvalue weighted by molar-refractivity contribution is 9.10. The third-order valence-electron chi connectivity index (χ3n) is 4.00. The second-order valence-corrected chi connectivity index (χ2v) is 8.51. The summed E-state index contributed by atoms with van der Waals surface area (Å²) >= 11 is 3.40. The second kappa shape index (κ2) is 5.45. The average Bonchev–Trinajstić information content (AvgIpc) is 3.34. The lowest BCUT2D eigenvalue weighted by Crippen LogP contribution is -2.14. The fraction of sp³-hybridized carbons (Fsp3) is 0.571. The van der Waals surface area contributed by atoms with Crippen molar-refractivity contribution in [3.63, 3.8) is 0 Å². The van der Waals surface area contributed by atoms with Crippen molar-refractivity contribution in [2.75, 3.05) is 13.1 Å². The van der Waals surface area contributed by atoms with Gasteiger partial charge < -0.3 is 4.52 Å². The Labute approximate surface area is 128 Å². The molecule has 2 saturated heterocycles. The second-order valence-electron chi connectivity index (χ2n) is 5.40. The van der Waals surface area contributed by atoms with Gasteiger partial charge in [0.2, 0.25) is 0 Å². The molecule has 2 heterocycles. The molecule has 2 aliphatic heterocycles. The monoisotopic (exact) mass is 358 g/mol. The molecular weight excluding hydrogens is 339 g/mol. The van der Waals surface area contributed by atoms with E-state index in [1.165, 1.54) is 0 Å². The Morgan fingerprint density at radius 3 is 2.05 bits per heavy atom. The van der Waals surface area contributed by atoms with Gasteiger partial charge in [-0.25, -0.2) is 13.9 Å². The van der Waals surface area contributed by atoms with Crippen LogP contribution in [0.3, 0.4) is 0 Å². The fourth-order valence-corrected chi connectivity index (χ4v) is 5.63. The molecule has 20 heavy (non-hydrogen) atoms. The quantitative estimate of drug-likeness (QED) is 0.565. The summed E-state index contributed by atoms with van der Waals surface area (Å²) in [5.74, 6) is 0.681. The van der Waals surface area contributed by atoms with Gasteiger partial charge in [-0.2, -0.15) is 0 Å². The van der Waals surface area contributed by atoms with E-state index < -0.39 is 7.67 Å². The first kappa shape index (κ1) is 14.6. The van der Waals surface area contributed by atoms with Crippen molar-refractivity contribution in [3.05, 3.63) is 28.7 Å². The summed E-state index contributed by atoms with van der Waals surface area (Å²) in [5.41, 5.74) is 0. The van der Waals surface area contributed by atoms with E-state index >= 15 is 0 Å². The molecule has 110 valence electrons. The molecule has 2 unspecified atom stereocenters. The van der Waals surface area contributed by atoms with Crippen LogP contribution in [0.1, 0.15) is 26.7 Å². The normalized spacial score (nSPS) is 34.4. The van der Waals surface area contributed by atoms with E-state index in [4.69, 9.17) is 4.52 Å². The van der Waals surface area contributed by atoms with Gasteiger partial charge in [0.05, 0.1) is 0 Å². The molecule has 0 aromatic heterocycles. The van der Waals surface area contributed by atoms with Gasteiger partial charge in [-0.3, -0.25) is 0 Å². The number of benzene rings is 1. The molecule has 0 saturated carbocycles. The van der Waals surface area contributed by atoms with E-state index in [-0.39, 0.29) is 0 Å². The minimum Gasteiger partial charge on any atom is -0.422 e. The third-order valence-corrected chi connectivity index (χ3v) is 7.26. The minimum atomic E-state index is -2.87. The highest BCUT2D eigenvalue weighted by atomic mass is 79.9. The Hall–Kier alpha value is -0.350. The zero-order chi connectivity index (χ0) is 14.3. The standard InChI is InChI=1S/C14H20BrN2O2P/c1-3-12-9-16(12)20(18,17-10-13(17)4-2)19-14-7-5-11(15)6-8-14/h5-8,12-13H,3-4,9-10H2,1-2H3/t12-,13-,16?,17?,20?/m0/s1. The van der Waals surface area contributed by atoms with Crippen molar-refractivity contribution in [2.24, 2.45) is 0 Å². The van der Waals surface area contributed by atoms with Gasteiger partial charge in [-0.05, 0) is 37.1 Å². The number of halogens is 1. The van der Waals surface area contributed by atoms with E-state index in [9.17, 15) is 4.57 Å². The van der Waals surface area contributed by atoms with Crippen LogP contribution in [-0.4, -0.2) is 34.5 Å². The summed E-state index contributed by atoms with van der Waals surface area (Å²) in [6, 6.07) is 8.39. The maximum absolute atomic E-state index is 13.3. The smallest absolute Gasteiger partial charge is 0.396 e. The number of nitrogens with zero attached hydrogens (tertiary/aromatic N) is 2. The van der Waals surface area contributed by atoms with Gasteiger partial charge in [0, 0.05) is 29.6 Å². The zero-order valence-corrected chi connectivity index (χ0v) is 14.3. The molecule has 0 aliphatic carbocycles. The molecule has 4 atom stereocenters. The highest BCUT2D eigenvalue weighted by Crippen LogP contribution is 2.65. The summed E-state index contributed by atoms with van der Waals surface area (Å²) in [7, 11) is -2.87. The molecule has 0 bridgehead atoms. The lowest BCUT2D eigenvalue weighted by atomic mass is 10.3. The lowest BCUT2D eigenvalue weighted by molar-refractivity contribution is 0.395. The predicted octanol–water partition coefficient (Wildman–Crippen LogP) is 4.12. The van der Waals surface area contributed by atoms with Crippen LogP contribution in [0.5, 0.6) is 5.75 Å². The lowest BCUT2D eigenvalue weighted by Gasteiger charge is -2.22. The summed E-state index contributed by atoms with van der Waals surface area (Å²) in [6.45, 7) is 6.04. The number of hydrogen-bond acceptors (Lipinski definition) is 2. The first-order valence-electron chi connectivity index (χ1n) is 7.18. The Morgan fingerprint density at radius 1 is 1.15 bits per heavy atom. The van der Waals surface area contributed by atoms with Crippen molar-refractivity contribution < 1.29 is 9.09 Å². The van der Waals surface area contributed by atoms with Crippen LogP contribution in [-0.2, 0) is 4.57 Å². The van der Waals surface area contributed by atoms with Gasteiger partial charge in [0.1, 0.15) is 5.75 Å². The number of hydrogen-bond donors (Lipinski definition) is 0. The van der Waals surface area contributed by atoms with Crippen molar-refractivity contribution >= 4 is 23.6 Å². The van der Waals surface area contributed by atoms with Gasteiger partial charge in [-0.15, -0.1) is 0 Å². The van der Waals surface area contributed by atoms with E-state index in [1.807, 2.05) is 33.6 Å². The molecule has 6 heteroatoms. The first-order chi connectivity index (χ1) is 9.58. The zero-order valence-electron chi connectivity index (χ0n) is 11.8. The predicted molar refractivity (Wildman–Crippen MR) is 83.9 cm³/mol. The van der Waals surface area contributed by atoms with E-state index in [1.54, 1.807) is 0 Å². The molecule has 0 N–H and O–H groups in total. The summed E-state index contributed by atoms with van der Waals surface area (Å²) < 4.78 is 24.4. The SMILES string of the molecule is CC[C@H]1CN1P(=O)(Oc1ccc(Br)cc1)N1C[C@@H]1CC. The Morgan fingerprint density at radius 2 is 1.65 bits per heavy atom. The van der Waals surface area contributed by atoms with Crippen LogP contribution in [0, 0.1) is 0 Å². The number of rotatable bonds is 6. The van der Waals surface area contributed by atoms with Gasteiger partial charge in [0.15, 0.2) is 0 Å². The molecule has 3 rings (SSSR count). The molecule has 2 aliphatic rings. The minimum absolute atomic E-state index is 0.411. The third kappa shape index (κ3) is 2.69. The summed E-state index contributed by atoms with van der Waals surface area (Å²) in [4.78, 5) is 0. The molecule has 0 amide bonds. The molecule has 1 aromatic carbocycles. The van der Waals surface area contributed by atoms with E-state index in [2.05, 4.69) is 29.8 Å². The summed E-state index contributed by atoms with van der Waals surface area (Å²) in [6.07, 6.45) is 2.05. The van der Waals surface area contributed by atoms with Gasteiger partial charge in [0.25, 0.3) is 0 Å². The van der Waals surface area contributed by atoms with Crippen molar-refractivity contribution in [1.82, 2.24) is 9.34 Å². The highest BCUT2D eigenvalue weighted by Gasteiger charge is 2.59. The van der Waals surface area contributed by atoms with Crippen LogP contribution in [0.4, 0.5) is 0 Å². The largest absolute Gasteiger partial charge is 0.422 e. The van der Waals surface area contributed by atoms with Gasteiger partial charge >= 0.3 is 7.67 Å². The van der Waals surface area contributed by atoms with Crippen molar-refractivity contribution in [2.45, 2.75) is 38.8 Å². The van der Waals surface area contributed by atoms with Gasteiger partial charge in [-0.1, -0.05) is 29.8 Å². The average molecular weight is 359 g/mol. The molecule has 4 nitrogen and oxygen atoms in total. The molecule has 0 spiro atoms. The topological polar surface area (TPSA) is 32.3 Å². The van der Waals surface area contributed by atoms with E-state index in [0.29, 0.717) is 17.8 Å². The molecule has 0 radical (unpaired) electrons. The van der Waals surface area contributed by atoms with Crippen LogP contribution in [0.2, 0.25) is 0 Å². The fourth-order valence-electron chi connectivity index (χ4n) is 2.52. The van der Waals surface area contributed by atoms with Crippen LogP contribution in [0.15, 0.2) is 28.7 Å². The summed E-state index contributed by atoms with van der Waals surface area (Å²) in [5, 5.41) is 0. The van der Waals surface area contributed by atoms with Crippen LogP contribution in [0.25, 0.3) is 0 Å². The Kier molecular flexibility index (Phi) is 3.97. The van der Waals surface area contributed by atoms with Crippen molar-refractivity contribution in [1.29, 1.82) is 0 Å². The van der Waals surface area contributed by atoms with Crippen molar-refractivity contribution in [3.8, 4) is 5.75 Å². The maximum atomic E-state index is 13.3. The van der Waals surface area contributed by atoms with Crippen LogP contribution < -0.4 is 4.52 Å². The Bertz CT molecular complexity index is 514. The van der Waals surface area contributed by atoms with E-state index in [0.717, 1.165) is 30.4 Å². The Balaban J connectivity index is 1.80. The first-order valence-corrected chi connectivity index (χ1v) is 9.50. The molecule has 1 aromatic rings. The van der Waals surface area contributed by atoms with Crippen LogP contribution >= 0.6 is 23.6 Å².